The van der Waals surface area contributed by atoms with E-state index in [4.69, 9.17) is 0 Å². The van der Waals surface area contributed by atoms with E-state index < -0.39 is 31.1 Å². The molecule has 0 atom stereocenters. The minimum atomic E-state index is -6.72. The Kier molecular flexibility index (Phi) is 7.65. The van der Waals surface area contributed by atoms with Crippen molar-refractivity contribution in [2.24, 2.45) is 7.05 Å². The number of allylic oxidation sites excluding steroid dienone is 1. The van der Waals surface area contributed by atoms with E-state index >= 15 is 0 Å². The maximum atomic E-state index is 11.4. The van der Waals surface area contributed by atoms with Crippen LogP contribution in [0, 0.1) is 0 Å². The molecule has 0 amide bonds. The van der Waals surface area contributed by atoms with E-state index in [0.29, 0.717) is 0 Å². The predicted octanol–water partition coefficient (Wildman–Crippen LogP) is 1.95. The first-order valence-corrected chi connectivity index (χ1v) is 8.90. The molecule has 0 spiro atoms. The van der Waals surface area contributed by atoms with Crippen molar-refractivity contribution in [3.8, 4) is 0 Å². The van der Waals surface area contributed by atoms with Gasteiger partial charge in [-0.15, -0.1) is 6.58 Å². The van der Waals surface area contributed by atoms with Crippen molar-refractivity contribution in [2.75, 3.05) is 0 Å². The predicted molar refractivity (Wildman–Crippen MR) is 73.7 cm³/mol. The van der Waals surface area contributed by atoms with Gasteiger partial charge in [-0.2, -0.15) is 26.3 Å². The second-order valence-corrected chi connectivity index (χ2v) is 7.73. The Morgan fingerprint density at radius 3 is 1.80 bits per heavy atom. The quantitative estimate of drug-likeness (QED) is 0.416. The Morgan fingerprint density at radius 2 is 1.52 bits per heavy atom. The molecule has 0 aliphatic rings. The molecule has 0 N–H and O–H groups in total. The van der Waals surface area contributed by atoms with Gasteiger partial charge in [-0.3, -0.25) is 0 Å². The molecule has 0 aliphatic carbocycles. The summed E-state index contributed by atoms with van der Waals surface area (Å²) >= 11 is 0. The summed E-state index contributed by atoms with van der Waals surface area (Å²) in [6, 6.07) is 0. The van der Waals surface area contributed by atoms with Crippen molar-refractivity contribution in [3.05, 3.63) is 35.5 Å². The number of hydrogen-bond donors (Lipinski definition) is 0. The zero-order valence-corrected chi connectivity index (χ0v) is 14.1. The van der Waals surface area contributed by atoms with Crippen molar-refractivity contribution in [2.45, 2.75) is 24.0 Å². The Bertz CT molecular complexity index is 738. The van der Waals surface area contributed by atoms with E-state index in [-0.39, 0.29) is 0 Å². The zero-order valence-electron chi connectivity index (χ0n) is 12.5. The topological polar surface area (TPSA) is 91.2 Å². The van der Waals surface area contributed by atoms with Crippen molar-refractivity contribution in [3.63, 3.8) is 0 Å². The van der Waals surface area contributed by atoms with Gasteiger partial charge < -0.3 is 4.13 Å². The van der Waals surface area contributed by atoms with E-state index in [1.54, 1.807) is 0 Å². The number of imidazole rings is 1. The Morgan fingerprint density at radius 1 is 1.08 bits per heavy atom. The first-order valence-electron chi connectivity index (χ1n) is 6.02. The number of aromatic nitrogens is 2. The van der Waals surface area contributed by atoms with Crippen LogP contribution < -0.4 is 4.57 Å². The molecule has 0 unspecified atom stereocenters. The molecule has 1 aromatic rings. The maximum absolute atomic E-state index is 11.4. The molecule has 7 nitrogen and oxygen atoms in total. The average Bonchev–Trinajstić information content (AvgIpc) is 2.79. The lowest BCUT2D eigenvalue weighted by atomic mass is 10.4. The second-order valence-electron chi connectivity index (χ2n) is 4.31. The van der Waals surface area contributed by atoms with Crippen LogP contribution in [0.5, 0.6) is 0 Å². The van der Waals surface area contributed by atoms with E-state index in [1.165, 1.54) is 0 Å². The third-order valence-corrected chi connectivity index (χ3v) is 4.94. The minimum Gasteiger partial charge on any atom is -0.421 e. The van der Waals surface area contributed by atoms with E-state index in [1.807, 2.05) is 23.9 Å². The fraction of sp³-hybridized carbons (Fsp3) is 0.500. The number of halogens is 6. The Balaban J connectivity index is 0.000000496. The molecule has 0 fully saturated rings. The average molecular weight is 417 g/mol. The molecule has 0 bridgehead atoms. The SMILES string of the molecule is C=CCCn1cc[n+](C)c1.O=S(=O)([N-]S(=O)(=O)C(F)(F)F)C(F)(F)F. The lowest BCUT2D eigenvalue weighted by Gasteiger charge is -2.22. The standard InChI is InChI=1S/C8H13N2.C2F6NO4S2/c1-3-4-5-10-7-6-9(2)8-10;3-1(4,5)14(10,11)9-15(12,13)2(6,7)8/h3,6-8H,1,4-5H2,2H3;/q+1;-1. The van der Waals surface area contributed by atoms with E-state index in [9.17, 15) is 43.2 Å². The first-order chi connectivity index (χ1) is 11.0. The summed E-state index contributed by atoms with van der Waals surface area (Å²) < 4.78 is 113. The summed E-state index contributed by atoms with van der Waals surface area (Å²) in [5, 5.41) is 0. The summed E-state index contributed by atoms with van der Waals surface area (Å²) in [5.74, 6) is 0. The fourth-order valence-electron chi connectivity index (χ4n) is 1.09. The molecule has 1 aromatic heterocycles. The lowest BCUT2D eigenvalue weighted by molar-refractivity contribution is -0.671. The first kappa shape index (κ1) is 23.4. The van der Waals surface area contributed by atoms with Crippen molar-refractivity contribution < 1.29 is 47.7 Å². The second kappa shape index (κ2) is 8.18. The maximum Gasteiger partial charge on any atom is 0.480 e. The smallest absolute Gasteiger partial charge is 0.421 e. The minimum absolute atomic E-state index is 0.778. The highest BCUT2D eigenvalue weighted by Crippen LogP contribution is 2.36. The van der Waals surface area contributed by atoms with E-state index in [0.717, 1.165) is 17.1 Å². The van der Waals surface area contributed by atoms with Gasteiger partial charge in [0, 0.05) is 6.42 Å². The van der Waals surface area contributed by atoms with Crippen LogP contribution in [-0.2, 0) is 33.6 Å². The van der Waals surface area contributed by atoms with Crippen LogP contribution in [0.25, 0.3) is 4.13 Å². The molecular formula is C10H13F6N3O4S2. The zero-order chi connectivity index (χ0) is 20.1. The number of rotatable bonds is 5. The summed E-state index contributed by atoms with van der Waals surface area (Å²) in [6.07, 6.45) is 9.12. The van der Waals surface area contributed by atoms with Gasteiger partial charge in [0.15, 0.2) is 20.0 Å². The molecule has 0 saturated carbocycles. The van der Waals surface area contributed by atoms with Crippen molar-refractivity contribution in [1.82, 2.24) is 4.57 Å². The molecular weight excluding hydrogens is 404 g/mol. The molecule has 0 radical (unpaired) electrons. The van der Waals surface area contributed by atoms with Gasteiger partial charge in [-0.1, -0.05) is 6.08 Å². The van der Waals surface area contributed by atoms with Gasteiger partial charge in [0.25, 0.3) is 0 Å². The summed E-state index contributed by atoms with van der Waals surface area (Å²) in [5.41, 5.74) is -12.4. The molecule has 0 saturated heterocycles. The van der Waals surface area contributed by atoms with Gasteiger partial charge in [-0.05, 0) is 0 Å². The van der Waals surface area contributed by atoms with Gasteiger partial charge >= 0.3 is 11.0 Å². The van der Waals surface area contributed by atoms with Crippen LogP contribution in [0.15, 0.2) is 31.4 Å². The Labute approximate surface area is 139 Å². The molecule has 25 heavy (non-hydrogen) atoms. The molecule has 1 rings (SSSR count). The lowest BCUT2D eigenvalue weighted by Crippen LogP contribution is -2.30. The van der Waals surface area contributed by atoms with Crippen LogP contribution in [0.2, 0.25) is 0 Å². The highest BCUT2D eigenvalue weighted by Gasteiger charge is 2.46. The third-order valence-electron chi connectivity index (χ3n) is 2.20. The normalized spacial score (nSPS) is 13.1. The van der Waals surface area contributed by atoms with Crippen LogP contribution >= 0.6 is 0 Å². The van der Waals surface area contributed by atoms with Crippen molar-refractivity contribution in [1.29, 1.82) is 0 Å². The molecule has 0 aliphatic heterocycles. The van der Waals surface area contributed by atoms with Crippen LogP contribution in [0.3, 0.4) is 0 Å². The summed E-state index contributed by atoms with van der Waals surface area (Å²) in [4.78, 5) is 0. The fourth-order valence-corrected chi connectivity index (χ4v) is 2.80. The van der Waals surface area contributed by atoms with Crippen LogP contribution in [0.1, 0.15) is 6.42 Å². The summed E-state index contributed by atoms with van der Waals surface area (Å²) in [6.45, 7) is 4.69. The van der Waals surface area contributed by atoms with Crippen LogP contribution in [-0.4, -0.2) is 32.4 Å². The number of alkyl halides is 6. The van der Waals surface area contributed by atoms with Gasteiger partial charge in [-0.25, -0.2) is 26.0 Å². The van der Waals surface area contributed by atoms with E-state index in [2.05, 4.69) is 23.7 Å². The Hall–Kier alpha value is -1.61. The monoisotopic (exact) mass is 417 g/mol. The van der Waals surface area contributed by atoms with Gasteiger partial charge in [0.1, 0.15) is 12.4 Å². The highest BCUT2D eigenvalue weighted by molar-refractivity contribution is 8.13. The molecule has 15 heteroatoms. The van der Waals surface area contributed by atoms with Crippen LogP contribution in [0.4, 0.5) is 26.3 Å². The number of nitrogens with zero attached hydrogens (tertiary/aromatic N) is 3. The molecule has 0 aromatic carbocycles. The summed E-state index contributed by atoms with van der Waals surface area (Å²) in [7, 11) is -11.4. The third kappa shape index (κ3) is 7.43. The van der Waals surface area contributed by atoms with Gasteiger partial charge in [0.2, 0.25) is 6.33 Å². The molecule has 1 heterocycles. The number of aryl methyl sites for hydroxylation is 2. The van der Waals surface area contributed by atoms with Gasteiger partial charge in [0.05, 0.1) is 13.6 Å². The van der Waals surface area contributed by atoms with Crippen molar-refractivity contribution >= 4 is 20.0 Å². The highest BCUT2D eigenvalue weighted by atomic mass is 32.3. The number of hydrogen-bond acceptors (Lipinski definition) is 4. The molecule has 146 valence electrons. The number of sulfonamides is 2. The largest absolute Gasteiger partial charge is 0.480 e.